The Balaban J connectivity index is 1.61. The molecule has 29 heavy (non-hydrogen) atoms. The molecule has 0 heterocycles. The summed E-state index contributed by atoms with van der Waals surface area (Å²) in [6, 6.07) is 16.8. The minimum absolute atomic E-state index is 0.0999. The maximum atomic E-state index is 13.7. The lowest BCUT2D eigenvalue weighted by Crippen LogP contribution is -2.25. The molecule has 0 aromatic heterocycles. The van der Waals surface area contributed by atoms with E-state index in [2.05, 4.69) is 10.0 Å². The van der Waals surface area contributed by atoms with Gasteiger partial charge in [-0.1, -0.05) is 24.3 Å². The second-order valence-corrected chi connectivity index (χ2v) is 7.93. The average molecular weight is 416 g/mol. The zero-order valence-electron chi connectivity index (χ0n) is 15.2. The molecule has 0 saturated heterocycles. The maximum absolute atomic E-state index is 13.7. The Morgan fingerprint density at radius 3 is 2.31 bits per heavy atom. The van der Waals surface area contributed by atoms with Gasteiger partial charge in [0.1, 0.15) is 11.6 Å². The summed E-state index contributed by atoms with van der Waals surface area (Å²) in [4.78, 5) is 12.1. The molecule has 0 unspecified atom stereocenters. The molecule has 3 aromatic rings. The number of rotatable bonds is 7. The Morgan fingerprint density at radius 2 is 1.62 bits per heavy atom. The third kappa shape index (κ3) is 5.39. The molecule has 0 spiro atoms. The van der Waals surface area contributed by atoms with Crippen LogP contribution in [0.1, 0.15) is 15.9 Å². The van der Waals surface area contributed by atoms with Gasteiger partial charge in [-0.2, -0.15) is 0 Å². The van der Waals surface area contributed by atoms with Gasteiger partial charge in [-0.05, 0) is 60.5 Å². The molecule has 0 aliphatic rings. The van der Waals surface area contributed by atoms with E-state index in [1.165, 1.54) is 54.6 Å². The topological polar surface area (TPSA) is 75.3 Å². The number of anilines is 1. The monoisotopic (exact) mass is 416 g/mol. The van der Waals surface area contributed by atoms with E-state index in [0.717, 1.165) is 11.6 Å². The van der Waals surface area contributed by atoms with Crippen molar-refractivity contribution in [1.82, 2.24) is 5.32 Å². The van der Waals surface area contributed by atoms with Crippen LogP contribution in [0.5, 0.6) is 0 Å². The number of para-hydroxylation sites is 1. The highest BCUT2D eigenvalue weighted by Crippen LogP contribution is 2.19. The number of nitrogens with one attached hydrogen (secondary N) is 2. The zero-order chi connectivity index (χ0) is 20.9. The molecule has 1 amide bonds. The first-order chi connectivity index (χ1) is 13.8. The first-order valence-corrected chi connectivity index (χ1v) is 10.2. The van der Waals surface area contributed by atoms with Gasteiger partial charge in [0, 0.05) is 12.1 Å². The molecule has 2 N–H and O–H groups in total. The van der Waals surface area contributed by atoms with Crippen LogP contribution >= 0.6 is 0 Å². The van der Waals surface area contributed by atoms with Gasteiger partial charge in [-0.3, -0.25) is 9.52 Å². The number of hydrogen-bond donors (Lipinski definition) is 2. The predicted octanol–water partition coefficient (Wildman–Crippen LogP) is 3.74. The highest BCUT2D eigenvalue weighted by molar-refractivity contribution is 7.92. The van der Waals surface area contributed by atoms with Crippen LogP contribution < -0.4 is 10.0 Å². The van der Waals surface area contributed by atoms with Crippen LogP contribution in [0.15, 0.2) is 77.7 Å². The Labute approximate surface area is 167 Å². The first kappa shape index (κ1) is 20.5. The van der Waals surface area contributed by atoms with Gasteiger partial charge in [0.25, 0.3) is 15.9 Å². The molecular weight excluding hydrogens is 398 g/mol. The van der Waals surface area contributed by atoms with Crippen LogP contribution in [0.25, 0.3) is 0 Å². The number of benzene rings is 3. The molecule has 0 fully saturated rings. The summed E-state index contributed by atoms with van der Waals surface area (Å²) < 4.78 is 53.8. The van der Waals surface area contributed by atoms with E-state index in [1.54, 1.807) is 12.1 Å². The summed E-state index contributed by atoms with van der Waals surface area (Å²) in [5.41, 5.74) is 0.867. The summed E-state index contributed by atoms with van der Waals surface area (Å²) >= 11 is 0. The van der Waals surface area contributed by atoms with Crippen LogP contribution in [0.2, 0.25) is 0 Å². The van der Waals surface area contributed by atoms with Gasteiger partial charge in [-0.15, -0.1) is 0 Å². The van der Waals surface area contributed by atoms with Crippen molar-refractivity contribution in [3.8, 4) is 0 Å². The molecule has 150 valence electrons. The molecular formula is C21H18F2N2O3S. The lowest BCUT2D eigenvalue weighted by Gasteiger charge is -2.10. The summed E-state index contributed by atoms with van der Waals surface area (Å²) in [6.07, 6.45) is 0.461. The molecule has 0 saturated carbocycles. The maximum Gasteiger partial charge on any atom is 0.261 e. The van der Waals surface area contributed by atoms with Crippen molar-refractivity contribution < 1.29 is 22.0 Å². The third-order valence-electron chi connectivity index (χ3n) is 4.13. The first-order valence-electron chi connectivity index (χ1n) is 8.75. The second-order valence-electron chi connectivity index (χ2n) is 6.25. The number of carbonyl (C=O) groups excluding carboxylic acids is 1. The van der Waals surface area contributed by atoms with Gasteiger partial charge >= 0.3 is 0 Å². The second kappa shape index (κ2) is 8.83. The smallest absolute Gasteiger partial charge is 0.261 e. The summed E-state index contributed by atoms with van der Waals surface area (Å²) in [5.74, 6) is -1.41. The fourth-order valence-corrected chi connectivity index (χ4v) is 3.72. The third-order valence-corrected chi connectivity index (χ3v) is 5.51. The van der Waals surface area contributed by atoms with Crippen molar-refractivity contribution in [2.45, 2.75) is 11.3 Å². The van der Waals surface area contributed by atoms with Crippen molar-refractivity contribution in [3.05, 3.63) is 95.6 Å². The fraction of sp³-hybridized carbons (Fsp3) is 0.0952. The summed E-state index contributed by atoms with van der Waals surface area (Å²) in [5, 5.41) is 2.70. The minimum Gasteiger partial charge on any atom is -0.352 e. The number of carbonyl (C=O) groups is 1. The van der Waals surface area contributed by atoms with Crippen LogP contribution in [0.4, 0.5) is 14.5 Å². The standard InChI is InChI=1S/C21H18F2N2O3S/c22-17-5-3-4-15(14-17)12-13-24-21(26)16-8-10-18(11-9-16)29(27,28)25-20-7-2-1-6-19(20)23/h1-11,14,25H,12-13H2,(H,24,26). The largest absolute Gasteiger partial charge is 0.352 e. The van der Waals surface area contributed by atoms with Crippen molar-refractivity contribution in [3.63, 3.8) is 0 Å². The van der Waals surface area contributed by atoms with Gasteiger partial charge in [-0.25, -0.2) is 17.2 Å². The number of amides is 1. The van der Waals surface area contributed by atoms with Crippen LogP contribution in [0.3, 0.4) is 0 Å². The lowest BCUT2D eigenvalue weighted by atomic mass is 10.1. The highest BCUT2D eigenvalue weighted by atomic mass is 32.2. The van der Waals surface area contributed by atoms with Crippen LogP contribution in [0, 0.1) is 11.6 Å². The van der Waals surface area contributed by atoms with E-state index in [1.807, 2.05) is 0 Å². The number of sulfonamides is 1. The van der Waals surface area contributed by atoms with Crippen LogP contribution in [-0.2, 0) is 16.4 Å². The highest BCUT2D eigenvalue weighted by Gasteiger charge is 2.17. The van der Waals surface area contributed by atoms with Gasteiger partial charge in [0.15, 0.2) is 0 Å². The Bertz CT molecular complexity index is 1120. The van der Waals surface area contributed by atoms with E-state index >= 15 is 0 Å². The molecule has 3 aromatic carbocycles. The molecule has 0 bridgehead atoms. The molecule has 0 radical (unpaired) electrons. The van der Waals surface area contributed by atoms with Gasteiger partial charge in [0.2, 0.25) is 0 Å². The van der Waals surface area contributed by atoms with Crippen molar-refractivity contribution >= 4 is 21.6 Å². The predicted molar refractivity (Wildman–Crippen MR) is 106 cm³/mol. The minimum atomic E-state index is -3.99. The molecule has 8 heteroatoms. The van der Waals surface area contributed by atoms with E-state index in [-0.39, 0.29) is 27.9 Å². The molecule has 5 nitrogen and oxygen atoms in total. The molecule has 0 aliphatic heterocycles. The average Bonchev–Trinajstić information content (AvgIpc) is 2.70. The Kier molecular flexibility index (Phi) is 6.23. The van der Waals surface area contributed by atoms with Crippen molar-refractivity contribution in [2.24, 2.45) is 0 Å². The van der Waals surface area contributed by atoms with E-state index in [0.29, 0.717) is 13.0 Å². The lowest BCUT2D eigenvalue weighted by molar-refractivity contribution is 0.0954. The van der Waals surface area contributed by atoms with Crippen LogP contribution in [-0.4, -0.2) is 20.9 Å². The summed E-state index contributed by atoms with van der Waals surface area (Å²) in [7, 11) is -3.99. The van der Waals surface area contributed by atoms with E-state index in [4.69, 9.17) is 0 Å². The fourth-order valence-electron chi connectivity index (χ4n) is 2.65. The zero-order valence-corrected chi connectivity index (χ0v) is 16.0. The normalized spacial score (nSPS) is 11.1. The summed E-state index contributed by atoms with van der Waals surface area (Å²) in [6.45, 7) is 0.303. The number of halogens is 2. The quantitative estimate of drug-likeness (QED) is 0.616. The molecule has 3 rings (SSSR count). The van der Waals surface area contributed by atoms with Crippen molar-refractivity contribution in [1.29, 1.82) is 0 Å². The Hall–Kier alpha value is -3.26. The van der Waals surface area contributed by atoms with Crippen molar-refractivity contribution in [2.75, 3.05) is 11.3 Å². The van der Waals surface area contributed by atoms with Gasteiger partial charge < -0.3 is 5.32 Å². The molecule has 0 atom stereocenters. The molecule has 0 aliphatic carbocycles. The SMILES string of the molecule is O=C(NCCc1cccc(F)c1)c1ccc(S(=O)(=O)Nc2ccccc2F)cc1. The van der Waals surface area contributed by atoms with Gasteiger partial charge in [0.05, 0.1) is 10.6 Å². The van der Waals surface area contributed by atoms with E-state index < -0.39 is 15.8 Å². The Morgan fingerprint density at radius 1 is 0.897 bits per heavy atom. The number of hydrogen-bond acceptors (Lipinski definition) is 3. The van der Waals surface area contributed by atoms with E-state index in [9.17, 15) is 22.0 Å².